The number of hydrogen-bond acceptors (Lipinski definition) is 2. The summed E-state index contributed by atoms with van der Waals surface area (Å²) in [5.74, 6) is 0. The Labute approximate surface area is 101 Å². The molecule has 0 fully saturated rings. The number of benzene rings is 1. The molecule has 0 aliphatic heterocycles. The number of nitrogens with zero attached hydrogens (tertiary/aromatic N) is 1. The minimum Gasteiger partial charge on any atom is -0.197 e. The number of sulfonamides is 1. The van der Waals surface area contributed by atoms with E-state index >= 15 is 0 Å². The molecule has 0 saturated heterocycles. The first kappa shape index (κ1) is 11.6. The first-order chi connectivity index (χ1) is 8.08. The monoisotopic (exact) mass is 249 g/mol. The van der Waals surface area contributed by atoms with E-state index in [1.54, 1.807) is 48.8 Å². The van der Waals surface area contributed by atoms with Gasteiger partial charge in [-0.3, -0.25) is 0 Å². The van der Waals surface area contributed by atoms with Crippen molar-refractivity contribution < 1.29 is 13.1 Å². The van der Waals surface area contributed by atoms with Crippen molar-refractivity contribution >= 4 is 10.0 Å². The summed E-state index contributed by atoms with van der Waals surface area (Å²) in [6.45, 7) is 1.91. The summed E-state index contributed by atoms with van der Waals surface area (Å²) in [6.07, 6.45) is 3.26. The minimum atomic E-state index is -3.52. The van der Waals surface area contributed by atoms with Crippen LogP contribution in [0.3, 0.4) is 0 Å². The van der Waals surface area contributed by atoms with Crippen molar-refractivity contribution in [1.82, 2.24) is 0 Å². The Hall–Kier alpha value is -1.88. The van der Waals surface area contributed by atoms with Gasteiger partial charge in [-0.2, -0.15) is 8.42 Å². The molecule has 1 aromatic heterocycles. The largest absolute Gasteiger partial charge is 0.306 e. The lowest BCUT2D eigenvalue weighted by Gasteiger charge is -2.02. The Balaban J connectivity index is 2.29. The van der Waals surface area contributed by atoms with Gasteiger partial charge in [0.2, 0.25) is 12.4 Å². The fourth-order valence-electron chi connectivity index (χ4n) is 1.37. The second-order valence-electron chi connectivity index (χ2n) is 3.69. The molecule has 17 heavy (non-hydrogen) atoms. The topological polar surface area (TPSA) is 50.1 Å². The van der Waals surface area contributed by atoms with Crippen molar-refractivity contribution in [3.63, 3.8) is 0 Å². The molecule has 0 amide bonds. The molecule has 0 atom stereocenters. The highest BCUT2D eigenvalue weighted by atomic mass is 32.2. The predicted octanol–water partition coefficient (Wildman–Crippen LogP) is 1.21. The van der Waals surface area contributed by atoms with E-state index in [9.17, 15) is 8.42 Å². The van der Waals surface area contributed by atoms with E-state index in [0.717, 1.165) is 5.56 Å². The molecule has 2 aromatic rings. The van der Waals surface area contributed by atoms with Crippen LogP contribution in [0.25, 0.3) is 0 Å². The van der Waals surface area contributed by atoms with Crippen molar-refractivity contribution in [2.45, 2.75) is 11.8 Å². The van der Waals surface area contributed by atoms with Crippen LogP contribution in [0.2, 0.25) is 0 Å². The van der Waals surface area contributed by atoms with Gasteiger partial charge in [0, 0.05) is 12.1 Å². The molecular weight excluding hydrogens is 236 g/mol. The smallest absolute Gasteiger partial charge is 0.197 e. The molecule has 88 valence electrons. The Morgan fingerprint density at radius 3 is 2.18 bits per heavy atom. The fourth-order valence-corrected chi connectivity index (χ4v) is 2.37. The van der Waals surface area contributed by atoms with Crippen molar-refractivity contribution in [2.75, 3.05) is 4.83 Å². The second-order valence-corrected chi connectivity index (χ2v) is 5.35. The fraction of sp³-hybridized carbons (Fsp3) is 0.0833. The van der Waals surface area contributed by atoms with Gasteiger partial charge in [0.15, 0.2) is 0 Å². The Morgan fingerprint density at radius 2 is 1.59 bits per heavy atom. The molecule has 5 heteroatoms. The maximum Gasteiger partial charge on any atom is 0.306 e. The summed E-state index contributed by atoms with van der Waals surface area (Å²) in [5, 5.41) is 0. The maximum atomic E-state index is 12.0. The van der Waals surface area contributed by atoms with E-state index in [1.165, 1.54) is 4.68 Å². The van der Waals surface area contributed by atoms with Gasteiger partial charge in [0.05, 0.1) is 4.90 Å². The van der Waals surface area contributed by atoms with Crippen molar-refractivity contribution in [3.8, 4) is 0 Å². The van der Waals surface area contributed by atoms with E-state index in [0.29, 0.717) is 0 Å². The lowest BCUT2D eigenvalue weighted by Crippen LogP contribution is -2.47. The molecule has 0 aliphatic rings. The van der Waals surface area contributed by atoms with E-state index in [-0.39, 0.29) is 4.90 Å². The average molecular weight is 249 g/mol. The third-order valence-electron chi connectivity index (χ3n) is 2.27. The van der Waals surface area contributed by atoms with Crippen LogP contribution in [0.5, 0.6) is 0 Å². The van der Waals surface area contributed by atoms with E-state index < -0.39 is 10.0 Å². The molecular formula is C12H13N2O2S+. The van der Waals surface area contributed by atoms with E-state index in [2.05, 4.69) is 4.83 Å². The first-order valence-corrected chi connectivity index (χ1v) is 6.62. The SMILES string of the molecule is Cc1ccc(S(=O)(=O)N[n+]2ccccc2)cc1. The van der Waals surface area contributed by atoms with E-state index in [1.807, 2.05) is 13.0 Å². The molecule has 1 aromatic carbocycles. The lowest BCUT2D eigenvalue weighted by molar-refractivity contribution is -0.636. The van der Waals surface area contributed by atoms with Crippen LogP contribution in [-0.4, -0.2) is 8.42 Å². The van der Waals surface area contributed by atoms with Gasteiger partial charge in [0.25, 0.3) is 0 Å². The van der Waals surface area contributed by atoms with Crippen molar-refractivity contribution in [2.24, 2.45) is 0 Å². The molecule has 0 aliphatic carbocycles. The molecule has 0 saturated carbocycles. The van der Waals surface area contributed by atoms with Crippen LogP contribution in [0.4, 0.5) is 0 Å². The Morgan fingerprint density at radius 1 is 1.00 bits per heavy atom. The Bertz CT molecular complexity index is 592. The van der Waals surface area contributed by atoms with Gasteiger partial charge in [-0.05, 0) is 19.1 Å². The summed E-state index contributed by atoms with van der Waals surface area (Å²) < 4.78 is 25.4. The highest BCUT2D eigenvalue weighted by Crippen LogP contribution is 2.09. The van der Waals surface area contributed by atoms with Gasteiger partial charge in [0.1, 0.15) is 0 Å². The maximum absolute atomic E-state index is 12.0. The van der Waals surface area contributed by atoms with Crippen LogP contribution in [0.1, 0.15) is 5.56 Å². The van der Waals surface area contributed by atoms with Crippen LogP contribution < -0.4 is 9.51 Å². The summed E-state index contributed by atoms with van der Waals surface area (Å²) in [5.41, 5.74) is 1.02. The van der Waals surface area contributed by atoms with Gasteiger partial charge < -0.3 is 0 Å². The normalized spacial score (nSPS) is 11.1. The zero-order valence-corrected chi connectivity index (χ0v) is 10.2. The van der Waals surface area contributed by atoms with Crippen LogP contribution in [0, 0.1) is 6.92 Å². The number of hydrogen-bond donors (Lipinski definition) is 1. The summed E-state index contributed by atoms with van der Waals surface area (Å²) >= 11 is 0. The highest BCUT2D eigenvalue weighted by Gasteiger charge is 2.17. The summed E-state index contributed by atoms with van der Waals surface area (Å²) in [6, 6.07) is 12.0. The molecule has 4 nitrogen and oxygen atoms in total. The second kappa shape index (κ2) is 4.55. The summed E-state index contributed by atoms with van der Waals surface area (Å²) in [7, 11) is -3.52. The highest BCUT2D eigenvalue weighted by molar-refractivity contribution is 7.92. The average Bonchev–Trinajstić information content (AvgIpc) is 2.30. The van der Waals surface area contributed by atoms with Crippen LogP contribution >= 0.6 is 0 Å². The zero-order valence-electron chi connectivity index (χ0n) is 9.37. The molecule has 0 spiro atoms. The summed E-state index contributed by atoms with van der Waals surface area (Å²) in [4.78, 5) is 2.69. The minimum absolute atomic E-state index is 0.249. The Kier molecular flexibility index (Phi) is 3.10. The molecule has 2 rings (SSSR count). The lowest BCUT2D eigenvalue weighted by atomic mass is 10.2. The van der Waals surface area contributed by atoms with Gasteiger partial charge in [-0.25, -0.2) is 0 Å². The molecule has 1 heterocycles. The number of aryl methyl sites for hydroxylation is 1. The van der Waals surface area contributed by atoms with Crippen molar-refractivity contribution in [3.05, 3.63) is 60.4 Å². The molecule has 0 bridgehead atoms. The third kappa shape index (κ3) is 2.82. The number of nitrogens with one attached hydrogen (secondary N) is 1. The molecule has 0 radical (unpaired) electrons. The quantitative estimate of drug-likeness (QED) is 0.831. The van der Waals surface area contributed by atoms with Gasteiger partial charge >= 0.3 is 10.0 Å². The number of rotatable bonds is 3. The van der Waals surface area contributed by atoms with Gasteiger partial charge in [-0.15, -0.1) is 0 Å². The standard InChI is InChI=1S/C12H13N2O2S/c1-11-5-7-12(8-6-11)17(15,16)13-14-9-3-2-4-10-14/h2-10,13H,1H3/q+1. The predicted molar refractivity (Wildman–Crippen MR) is 64.4 cm³/mol. The third-order valence-corrected chi connectivity index (χ3v) is 3.62. The first-order valence-electron chi connectivity index (χ1n) is 5.14. The van der Waals surface area contributed by atoms with Crippen molar-refractivity contribution in [1.29, 1.82) is 0 Å². The number of pyridine rings is 1. The molecule has 0 unspecified atom stereocenters. The van der Waals surface area contributed by atoms with E-state index in [4.69, 9.17) is 0 Å². The molecule has 1 N–H and O–H groups in total. The van der Waals surface area contributed by atoms with Crippen LogP contribution in [0.15, 0.2) is 59.8 Å². The van der Waals surface area contributed by atoms with Gasteiger partial charge in [-0.1, -0.05) is 33.3 Å². The van der Waals surface area contributed by atoms with Crippen LogP contribution in [-0.2, 0) is 10.0 Å². The number of aromatic nitrogens is 1. The zero-order chi connectivity index (χ0) is 12.3.